The molecule has 9 heteroatoms. The first-order chi connectivity index (χ1) is 8.97. The number of nitrogens with one attached hydrogen (secondary N) is 2. The highest BCUT2D eigenvalue weighted by atomic mass is 16.2. The first-order valence-electron chi connectivity index (χ1n) is 5.85. The molecule has 1 rings (SSSR count). The molecule has 4 N–H and O–H groups in total. The second-order valence-electron chi connectivity index (χ2n) is 4.11. The normalized spacial score (nSPS) is 9.95. The Kier molecular flexibility index (Phi) is 5.24. The number of hydrazine groups is 1. The minimum atomic E-state index is -0.0981. The fourth-order valence-electron chi connectivity index (χ4n) is 1.33. The zero-order valence-electron chi connectivity index (χ0n) is 11.6. The van der Waals surface area contributed by atoms with Crippen molar-refractivity contribution in [1.29, 1.82) is 0 Å². The van der Waals surface area contributed by atoms with Gasteiger partial charge in [0.2, 0.25) is 23.8 Å². The second kappa shape index (κ2) is 6.69. The Morgan fingerprint density at radius 3 is 2.37 bits per heavy atom. The minimum absolute atomic E-state index is 0.0981. The van der Waals surface area contributed by atoms with Crippen molar-refractivity contribution in [3.8, 4) is 0 Å². The average Bonchev–Trinajstić information content (AvgIpc) is 2.38. The van der Waals surface area contributed by atoms with Crippen LogP contribution >= 0.6 is 0 Å². The molecule has 1 amide bonds. The third-order valence-corrected chi connectivity index (χ3v) is 2.24. The Labute approximate surface area is 112 Å². The van der Waals surface area contributed by atoms with Crippen molar-refractivity contribution < 1.29 is 4.79 Å². The number of carbonyl (C=O) groups is 1. The van der Waals surface area contributed by atoms with E-state index in [1.54, 1.807) is 16.8 Å². The van der Waals surface area contributed by atoms with Gasteiger partial charge in [-0.05, 0) is 6.92 Å². The smallest absolute Gasteiger partial charge is 0.243 e. The fourth-order valence-corrected chi connectivity index (χ4v) is 1.33. The maximum Gasteiger partial charge on any atom is 0.243 e. The molecule has 0 bridgehead atoms. The quantitative estimate of drug-likeness (QED) is 0.435. The molecule has 0 aromatic carbocycles. The number of nitrogens with zero attached hydrogens (tertiary/aromatic N) is 5. The highest BCUT2D eigenvalue weighted by Gasteiger charge is 2.13. The largest absolute Gasteiger partial charge is 0.355 e. The second-order valence-corrected chi connectivity index (χ2v) is 4.11. The minimum Gasteiger partial charge on any atom is -0.355 e. The van der Waals surface area contributed by atoms with Crippen molar-refractivity contribution in [1.82, 2.24) is 20.3 Å². The van der Waals surface area contributed by atoms with Crippen LogP contribution in [0.3, 0.4) is 0 Å². The summed E-state index contributed by atoms with van der Waals surface area (Å²) in [6.45, 7) is 2.61. The highest BCUT2D eigenvalue weighted by Crippen LogP contribution is 2.13. The van der Waals surface area contributed by atoms with Crippen molar-refractivity contribution in [2.75, 3.05) is 49.5 Å². The summed E-state index contributed by atoms with van der Waals surface area (Å²) < 4.78 is 0. The van der Waals surface area contributed by atoms with Gasteiger partial charge in [0.1, 0.15) is 0 Å². The van der Waals surface area contributed by atoms with Crippen LogP contribution in [0.4, 0.5) is 17.8 Å². The molecule has 0 saturated heterocycles. The molecule has 0 aliphatic heterocycles. The lowest BCUT2D eigenvalue weighted by Gasteiger charge is -2.19. The van der Waals surface area contributed by atoms with Crippen LogP contribution in [0.2, 0.25) is 0 Å². The van der Waals surface area contributed by atoms with E-state index >= 15 is 0 Å². The Balaban J connectivity index is 2.92. The molecule has 0 radical (unpaired) electrons. The van der Waals surface area contributed by atoms with E-state index in [1.807, 2.05) is 21.0 Å². The molecule has 0 unspecified atom stereocenters. The molecule has 0 spiro atoms. The van der Waals surface area contributed by atoms with Crippen molar-refractivity contribution >= 4 is 23.8 Å². The van der Waals surface area contributed by atoms with Crippen molar-refractivity contribution in [2.45, 2.75) is 6.92 Å². The van der Waals surface area contributed by atoms with E-state index in [4.69, 9.17) is 5.84 Å². The molecular weight excluding hydrogens is 248 g/mol. The molecule has 9 nitrogen and oxygen atoms in total. The Hall–Kier alpha value is -2.16. The zero-order valence-corrected chi connectivity index (χ0v) is 11.6. The van der Waals surface area contributed by atoms with Gasteiger partial charge in [0.25, 0.3) is 0 Å². The van der Waals surface area contributed by atoms with Crippen LogP contribution in [0.5, 0.6) is 0 Å². The highest BCUT2D eigenvalue weighted by molar-refractivity contribution is 5.80. The number of nitrogens with two attached hydrogens (primary N) is 1. The van der Waals surface area contributed by atoms with Gasteiger partial charge in [-0.3, -0.25) is 10.2 Å². The van der Waals surface area contributed by atoms with E-state index in [2.05, 4.69) is 25.7 Å². The number of amides is 1. The van der Waals surface area contributed by atoms with Crippen LogP contribution in [0.25, 0.3) is 0 Å². The first kappa shape index (κ1) is 14.9. The van der Waals surface area contributed by atoms with Crippen molar-refractivity contribution in [3.63, 3.8) is 0 Å². The van der Waals surface area contributed by atoms with Crippen LogP contribution in [-0.4, -0.2) is 55.1 Å². The predicted octanol–water partition coefficient (Wildman–Crippen LogP) is -1.20. The van der Waals surface area contributed by atoms with Crippen LogP contribution < -0.4 is 26.4 Å². The standard InChI is InChI=1S/C10H20N8O/c1-5-12-7(19)6-18(4)10-14-8(16-11)13-9(15-10)17(2)3/h5-6,11H2,1-4H3,(H,12,19)(H,13,14,15,16). The van der Waals surface area contributed by atoms with Gasteiger partial charge in [0, 0.05) is 27.7 Å². The summed E-state index contributed by atoms with van der Waals surface area (Å²) in [5.41, 5.74) is 2.38. The lowest BCUT2D eigenvalue weighted by atomic mass is 10.5. The maximum atomic E-state index is 11.5. The van der Waals surface area contributed by atoms with Gasteiger partial charge >= 0.3 is 0 Å². The molecule has 1 aromatic heterocycles. The van der Waals surface area contributed by atoms with E-state index in [0.717, 1.165) is 0 Å². The number of hydrogen-bond donors (Lipinski definition) is 3. The van der Waals surface area contributed by atoms with E-state index in [9.17, 15) is 4.79 Å². The SMILES string of the molecule is CCNC(=O)CN(C)c1nc(NN)nc(N(C)C)n1. The summed E-state index contributed by atoms with van der Waals surface area (Å²) in [6.07, 6.45) is 0. The Morgan fingerprint density at radius 2 is 1.84 bits per heavy atom. The van der Waals surface area contributed by atoms with E-state index in [0.29, 0.717) is 18.4 Å². The molecule has 0 saturated carbocycles. The number of anilines is 3. The predicted molar refractivity (Wildman–Crippen MR) is 73.9 cm³/mol. The van der Waals surface area contributed by atoms with Gasteiger partial charge in [-0.25, -0.2) is 5.84 Å². The monoisotopic (exact) mass is 268 g/mol. The summed E-state index contributed by atoms with van der Waals surface area (Å²) in [7, 11) is 5.34. The van der Waals surface area contributed by atoms with E-state index in [-0.39, 0.29) is 18.4 Å². The van der Waals surface area contributed by atoms with Crippen molar-refractivity contribution in [3.05, 3.63) is 0 Å². The van der Waals surface area contributed by atoms with Crippen LogP contribution in [0, 0.1) is 0 Å². The molecule has 0 aliphatic carbocycles. The summed E-state index contributed by atoms with van der Waals surface area (Å²) in [5.74, 6) is 6.30. The number of carbonyl (C=O) groups excluding carboxylic acids is 1. The molecule has 106 valence electrons. The average molecular weight is 268 g/mol. The summed E-state index contributed by atoms with van der Waals surface area (Å²) >= 11 is 0. The Morgan fingerprint density at radius 1 is 1.21 bits per heavy atom. The summed E-state index contributed by atoms with van der Waals surface area (Å²) in [5, 5.41) is 2.71. The molecule has 0 atom stereocenters. The summed E-state index contributed by atoms with van der Waals surface area (Å²) in [6, 6.07) is 0. The van der Waals surface area contributed by atoms with Crippen LogP contribution in [-0.2, 0) is 4.79 Å². The number of likely N-dealkylation sites (N-methyl/N-ethyl adjacent to an activating group) is 2. The molecule has 1 aromatic rings. The van der Waals surface area contributed by atoms with Gasteiger partial charge in [0.05, 0.1) is 6.54 Å². The Bertz CT molecular complexity index is 436. The maximum absolute atomic E-state index is 11.5. The van der Waals surface area contributed by atoms with Crippen LogP contribution in [0.15, 0.2) is 0 Å². The zero-order chi connectivity index (χ0) is 14.4. The first-order valence-corrected chi connectivity index (χ1v) is 5.85. The number of hydrogen-bond acceptors (Lipinski definition) is 8. The number of rotatable bonds is 6. The lowest BCUT2D eigenvalue weighted by molar-refractivity contribution is -0.119. The van der Waals surface area contributed by atoms with Gasteiger partial charge in [-0.2, -0.15) is 15.0 Å². The van der Waals surface area contributed by atoms with E-state index in [1.165, 1.54) is 0 Å². The molecular formula is C10H20N8O. The topological polar surface area (TPSA) is 112 Å². The molecule has 0 aliphatic rings. The van der Waals surface area contributed by atoms with Gasteiger partial charge in [-0.1, -0.05) is 0 Å². The fraction of sp³-hybridized carbons (Fsp3) is 0.600. The van der Waals surface area contributed by atoms with Crippen LogP contribution in [0.1, 0.15) is 6.92 Å². The molecule has 0 fully saturated rings. The number of aromatic nitrogens is 3. The van der Waals surface area contributed by atoms with E-state index < -0.39 is 0 Å². The van der Waals surface area contributed by atoms with Crippen molar-refractivity contribution in [2.24, 2.45) is 5.84 Å². The van der Waals surface area contributed by atoms with Gasteiger partial charge in [-0.15, -0.1) is 0 Å². The lowest BCUT2D eigenvalue weighted by Crippen LogP contribution is -2.36. The third-order valence-electron chi connectivity index (χ3n) is 2.24. The van der Waals surface area contributed by atoms with Gasteiger partial charge < -0.3 is 15.1 Å². The molecule has 19 heavy (non-hydrogen) atoms. The summed E-state index contributed by atoms with van der Waals surface area (Å²) in [4.78, 5) is 27.3. The van der Waals surface area contributed by atoms with Gasteiger partial charge in [0.15, 0.2) is 0 Å². The number of nitrogen functional groups attached to an aromatic ring is 1. The third kappa shape index (κ3) is 4.21. The molecule has 1 heterocycles.